The molecular formula is C24H42O6. The molecule has 4 fully saturated rings. The lowest BCUT2D eigenvalue weighted by molar-refractivity contribution is -0.556. The van der Waals surface area contributed by atoms with E-state index in [1.54, 1.807) is 0 Å². The normalized spacial score (nSPS) is 45.9. The predicted molar refractivity (Wildman–Crippen MR) is 111 cm³/mol. The molecule has 3 saturated carbocycles. The summed E-state index contributed by atoms with van der Waals surface area (Å²) in [5.41, 5.74) is 0. The first-order valence-electron chi connectivity index (χ1n) is 12.6. The highest BCUT2D eigenvalue weighted by molar-refractivity contribution is 4.83. The van der Waals surface area contributed by atoms with Gasteiger partial charge in [0.25, 0.3) is 0 Å². The van der Waals surface area contributed by atoms with E-state index in [1.807, 2.05) is 0 Å². The lowest BCUT2D eigenvalue weighted by atomic mass is 9.83. The van der Waals surface area contributed by atoms with Crippen LogP contribution in [0.15, 0.2) is 0 Å². The molecule has 1 aliphatic heterocycles. The molecule has 4 rings (SSSR count). The van der Waals surface area contributed by atoms with Gasteiger partial charge in [0.2, 0.25) is 17.4 Å². The van der Waals surface area contributed by atoms with E-state index in [2.05, 4.69) is 20.8 Å². The third-order valence-corrected chi connectivity index (χ3v) is 8.37. The van der Waals surface area contributed by atoms with Crippen molar-refractivity contribution in [1.82, 2.24) is 0 Å². The molecule has 0 aromatic carbocycles. The van der Waals surface area contributed by atoms with E-state index in [4.69, 9.17) is 29.3 Å². The van der Waals surface area contributed by atoms with Crippen LogP contribution in [-0.2, 0) is 29.3 Å². The molecule has 4 aliphatic rings. The highest BCUT2D eigenvalue weighted by atomic mass is 17.4. The molecule has 0 aromatic heterocycles. The Morgan fingerprint density at radius 2 is 0.633 bits per heavy atom. The van der Waals surface area contributed by atoms with Gasteiger partial charge in [-0.05, 0) is 56.3 Å². The van der Waals surface area contributed by atoms with E-state index >= 15 is 0 Å². The smallest absolute Gasteiger partial charge is 0.195 e. The molecule has 0 radical (unpaired) electrons. The molecule has 0 bridgehead atoms. The molecule has 3 spiro atoms. The monoisotopic (exact) mass is 426 g/mol. The molecule has 1 saturated heterocycles. The second-order valence-electron chi connectivity index (χ2n) is 10.3. The maximum absolute atomic E-state index is 6.07. The van der Waals surface area contributed by atoms with Crippen LogP contribution in [0.3, 0.4) is 0 Å². The highest BCUT2D eigenvalue weighted by Gasteiger charge is 2.52. The number of rotatable bonds is 3. The summed E-state index contributed by atoms with van der Waals surface area (Å²) < 4.78 is 0. The Bertz CT molecular complexity index is 434. The van der Waals surface area contributed by atoms with Gasteiger partial charge in [-0.25, -0.2) is 0 Å². The minimum absolute atomic E-state index is 0.714. The van der Waals surface area contributed by atoms with Gasteiger partial charge in [-0.3, -0.25) is 0 Å². The Balaban J connectivity index is 1.52. The Morgan fingerprint density at radius 3 is 0.800 bits per heavy atom. The van der Waals surface area contributed by atoms with Crippen molar-refractivity contribution in [2.24, 2.45) is 17.8 Å². The molecule has 6 nitrogen and oxygen atoms in total. The minimum Gasteiger partial charge on any atom is -0.195 e. The molecule has 174 valence electrons. The first-order chi connectivity index (χ1) is 14.5. The highest BCUT2D eigenvalue weighted by Crippen LogP contribution is 2.47. The van der Waals surface area contributed by atoms with Crippen molar-refractivity contribution in [2.75, 3.05) is 0 Å². The van der Waals surface area contributed by atoms with Gasteiger partial charge in [-0.1, -0.05) is 40.0 Å². The van der Waals surface area contributed by atoms with Crippen LogP contribution in [0.2, 0.25) is 0 Å². The van der Waals surface area contributed by atoms with Crippen LogP contribution in [0.4, 0.5) is 0 Å². The van der Waals surface area contributed by atoms with E-state index in [1.165, 1.54) is 19.3 Å². The van der Waals surface area contributed by atoms with E-state index in [-0.39, 0.29) is 0 Å². The zero-order chi connectivity index (χ0) is 21.1. The first-order valence-corrected chi connectivity index (χ1v) is 12.6. The molecule has 30 heavy (non-hydrogen) atoms. The quantitative estimate of drug-likeness (QED) is 0.466. The van der Waals surface area contributed by atoms with Crippen LogP contribution in [0, 0.1) is 17.8 Å². The molecule has 1 heterocycles. The van der Waals surface area contributed by atoms with Gasteiger partial charge in [-0.15, -0.1) is 0 Å². The summed E-state index contributed by atoms with van der Waals surface area (Å²) in [6.45, 7) is 6.76. The Kier molecular flexibility index (Phi) is 7.43. The Labute approximate surface area is 182 Å². The van der Waals surface area contributed by atoms with Gasteiger partial charge < -0.3 is 0 Å². The van der Waals surface area contributed by atoms with E-state index < -0.39 is 17.4 Å². The third kappa shape index (κ3) is 5.05. The molecular weight excluding hydrogens is 384 g/mol. The SMILES string of the molecule is CCC1CCC2(CC1)OOC1(CCC(CC)CC1)OOC1(CCC(CC)CC1)OO2. The summed E-state index contributed by atoms with van der Waals surface area (Å²) in [5, 5.41) is 0. The molecule has 3 aliphatic carbocycles. The maximum atomic E-state index is 6.07. The summed E-state index contributed by atoms with van der Waals surface area (Å²) in [7, 11) is 0. The molecule has 0 amide bonds. The average Bonchev–Trinajstić information content (AvgIpc) is 2.86. The first kappa shape index (κ1) is 22.9. The fourth-order valence-corrected chi connectivity index (χ4v) is 5.57. The second-order valence-corrected chi connectivity index (χ2v) is 10.3. The standard InChI is InChI=1S/C24H42O6/c1-4-19-7-13-22(14-8-19)25-27-23(15-9-20(5-2)10-16-23)29-30-24(28-26-22)17-11-21(6-3)12-18-24/h19-21H,4-18H2,1-3H3. The van der Waals surface area contributed by atoms with Crippen LogP contribution in [0.5, 0.6) is 0 Å². The van der Waals surface area contributed by atoms with Crippen molar-refractivity contribution in [2.45, 2.75) is 134 Å². The zero-order valence-electron chi connectivity index (χ0n) is 19.3. The zero-order valence-corrected chi connectivity index (χ0v) is 19.3. The molecule has 0 N–H and O–H groups in total. The topological polar surface area (TPSA) is 55.4 Å². The van der Waals surface area contributed by atoms with Crippen LogP contribution >= 0.6 is 0 Å². The lowest BCUT2D eigenvalue weighted by Gasteiger charge is -2.40. The van der Waals surface area contributed by atoms with Gasteiger partial charge in [0, 0.05) is 38.5 Å². The maximum Gasteiger partial charge on any atom is 0.234 e. The number of hydrogen-bond acceptors (Lipinski definition) is 6. The van der Waals surface area contributed by atoms with Crippen molar-refractivity contribution in [3.8, 4) is 0 Å². The van der Waals surface area contributed by atoms with Crippen LogP contribution in [0.25, 0.3) is 0 Å². The fraction of sp³-hybridized carbons (Fsp3) is 1.00. The second kappa shape index (κ2) is 9.72. The fourth-order valence-electron chi connectivity index (χ4n) is 5.57. The van der Waals surface area contributed by atoms with Gasteiger partial charge in [0.05, 0.1) is 0 Å². The van der Waals surface area contributed by atoms with Crippen molar-refractivity contribution in [3.63, 3.8) is 0 Å². The van der Waals surface area contributed by atoms with Crippen molar-refractivity contribution in [3.05, 3.63) is 0 Å². The van der Waals surface area contributed by atoms with Gasteiger partial charge in [0.15, 0.2) is 0 Å². The van der Waals surface area contributed by atoms with Gasteiger partial charge in [-0.2, -0.15) is 29.3 Å². The predicted octanol–water partition coefficient (Wildman–Crippen LogP) is 6.73. The van der Waals surface area contributed by atoms with E-state index in [0.717, 1.165) is 77.0 Å². The summed E-state index contributed by atoms with van der Waals surface area (Å²) in [6, 6.07) is 0. The summed E-state index contributed by atoms with van der Waals surface area (Å²) in [6.07, 6.45) is 14.5. The van der Waals surface area contributed by atoms with Crippen molar-refractivity contribution >= 4 is 0 Å². The Morgan fingerprint density at radius 1 is 0.433 bits per heavy atom. The largest absolute Gasteiger partial charge is 0.234 e. The molecule has 0 atom stereocenters. The van der Waals surface area contributed by atoms with Crippen LogP contribution < -0.4 is 0 Å². The van der Waals surface area contributed by atoms with Gasteiger partial charge in [0.1, 0.15) is 0 Å². The minimum atomic E-state index is -0.869. The van der Waals surface area contributed by atoms with E-state index in [9.17, 15) is 0 Å². The lowest BCUT2D eigenvalue weighted by Crippen LogP contribution is -2.45. The average molecular weight is 427 g/mol. The Hall–Kier alpha value is -0.240. The third-order valence-electron chi connectivity index (χ3n) is 8.37. The van der Waals surface area contributed by atoms with Crippen molar-refractivity contribution in [1.29, 1.82) is 0 Å². The van der Waals surface area contributed by atoms with E-state index in [0.29, 0.717) is 17.8 Å². The number of hydrogen-bond donors (Lipinski definition) is 0. The summed E-state index contributed by atoms with van der Waals surface area (Å²) in [4.78, 5) is 36.4. The summed E-state index contributed by atoms with van der Waals surface area (Å²) >= 11 is 0. The van der Waals surface area contributed by atoms with Crippen LogP contribution in [0.1, 0.15) is 117 Å². The summed E-state index contributed by atoms with van der Waals surface area (Å²) in [5.74, 6) is -0.466. The van der Waals surface area contributed by atoms with Gasteiger partial charge >= 0.3 is 0 Å². The molecule has 6 heteroatoms. The van der Waals surface area contributed by atoms with Crippen LogP contribution in [-0.4, -0.2) is 17.4 Å². The van der Waals surface area contributed by atoms with Crippen molar-refractivity contribution < 1.29 is 29.3 Å². The molecule has 0 aromatic rings. The molecule has 0 unspecified atom stereocenters.